The van der Waals surface area contributed by atoms with Gasteiger partial charge in [-0.1, -0.05) is 20.8 Å². The van der Waals surface area contributed by atoms with Crippen LogP contribution in [-0.2, 0) is 6.42 Å². The van der Waals surface area contributed by atoms with Crippen LogP contribution in [-0.4, -0.2) is 33.2 Å². The first-order valence-electron chi connectivity index (χ1n) is 6.74. The van der Waals surface area contributed by atoms with Crippen molar-refractivity contribution in [3.63, 3.8) is 0 Å². The molecule has 1 aromatic rings. The van der Waals surface area contributed by atoms with Gasteiger partial charge in [0.1, 0.15) is 0 Å². The van der Waals surface area contributed by atoms with Gasteiger partial charge < -0.3 is 10.2 Å². The van der Waals surface area contributed by atoms with Gasteiger partial charge in [0, 0.05) is 24.1 Å². The molecule has 18 heavy (non-hydrogen) atoms. The fourth-order valence-electron chi connectivity index (χ4n) is 2.00. The Kier molecular flexibility index (Phi) is 5.35. The summed E-state index contributed by atoms with van der Waals surface area (Å²) in [6.45, 7) is 8.28. The zero-order chi connectivity index (χ0) is 13.8. The molecule has 1 unspecified atom stereocenters. The van der Waals surface area contributed by atoms with Gasteiger partial charge in [-0.2, -0.15) is 5.10 Å². The summed E-state index contributed by atoms with van der Waals surface area (Å²) in [5.74, 6) is 0.209. The molecule has 1 aromatic heterocycles. The molecule has 0 aliphatic heterocycles. The lowest BCUT2D eigenvalue weighted by Gasteiger charge is -2.33. The van der Waals surface area contributed by atoms with Gasteiger partial charge in [-0.3, -0.25) is 4.68 Å². The topological polar surface area (TPSA) is 58.3 Å². The molecule has 104 valence electrons. The van der Waals surface area contributed by atoms with Gasteiger partial charge in [-0.15, -0.1) is 0 Å². The summed E-state index contributed by atoms with van der Waals surface area (Å²) < 4.78 is 1.95. The Morgan fingerprint density at radius 3 is 2.33 bits per heavy atom. The first-order valence-corrected chi connectivity index (χ1v) is 6.74. The van der Waals surface area contributed by atoms with Crippen LogP contribution < -0.4 is 0 Å². The van der Waals surface area contributed by atoms with Gasteiger partial charge >= 0.3 is 0 Å². The van der Waals surface area contributed by atoms with Gasteiger partial charge in [-0.25, -0.2) is 0 Å². The maximum Gasteiger partial charge on any atom is 0.0632 e. The molecule has 0 radical (unpaired) electrons. The van der Waals surface area contributed by atoms with Gasteiger partial charge in [0.25, 0.3) is 0 Å². The van der Waals surface area contributed by atoms with Crippen molar-refractivity contribution in [1.29, 1.82) is 0 Å². The van der Waals surface area contributed by atoms with E-state index in [9.17, 15) is 10.2 Å². The summed E-state index contributed by atoms with van der Waals surface area (Å²) in [6, 6.07) is 2.37. The second-order valence-corrected chi connectivity index (χ2v) is 5.55. The lowest BCUT2D eigenvalue weighted by Crippen LogP contribution is -2.37. The highest BCUT2D eigenvalue weighted by atomic mass is 16.3. The average molecular weight is 254 g/mol. The zero-order valence-corrected chi connectivity index (χ0v) is 11.9. The van der Waals surface area contributed by atoms with E-state index in [2.05, 4.69) is 18.9 Å². The van der Waals surface area contributed by atoms with Crippen molar-refractivity contribution in [2.75, 3.05) is 13.2 Å². The van der Waals surface area contributed by atoms with Crippen molar-refractivity contribution in [1.82, 2.24) is 9.78 Å². The van der Waals surface area contributed by atoms with E-state index in [1.807, 2.05) is 30.8 Å². The molecular formula is C14H26N2O2. The predicted octanol–water partition coefficient (Wildman–Crippen LogP) is 2.02. The van der Waals surface area contributed by atoms with E-state index in [4.69, 9.17) is 0 Å². The third kappa shape index (κ3) is 3.12. The molecule has 0 amide bonds. The SMILES string of the molecule is CCC(C)n1ccc(CC(CO)(CO)C(C)C)n1. The van der Waals surface area contributed by atoms with E-state index in [1.165, 1.54) is 0 Å². The predicted molar refractivity (Wildman–Crippen MR) is 72.4 cm³/mol. The van der Waals surface area contributed by atoms with Crippen LogP contribution in [0.25, 0.3) is 0 Å². The van der Waals surface area contributed by atoms with Crippen LogP contribution in [0, 0.1) is 11.3 Å². The number of aromatic nitrogens is 2. The van der Waals surface area contributed by atoms with Crippen molar-refractivity contribution in [2.45, 2.75) is 46.6 Å². The van der Waals surface area contributed by atoms with Gasteiger partial charge in [-0.05, 0) is 25.3 Å². The molecule has 0 spiro atoms. The molecule has 0 aliphatic rings. The van der Waals surface area contributed by atoms with E-state index in [0.29, 0.717) is 12.5 Å². The Labute approximate surface area is 110 Å². The number of rotatable bonds is 7. The van der Waals surface area contributed by atoms with Crippen molar-refractivity contribution in [2.24, 2.45) is 11.3 Å². The standard InChI is InChI=1S/C14H26N2O2/c1-5-12(4)16-7-6-13(15-16)8-14(9-17,10-18)11(2)3/h6-7,11-12,17-18H,5,8-10H2,1-4H3. The van der Waals surface area contributed by atoms with Gasteiger partial charge in [0.2, 0.25) is 0 Å². The Hall–Kier alpha value is -0.870. The monoisotopic (exact) mass is 254 g/mol. The Balaban J connectivity index is 2.85. The number of hydrogen-bond donors (Lipinski definition) is 2. The van der Waals surface area contributed by atoms with Crippen LogP contribution in [0.3, 0.4) is 0 Å². The van der Waals surface area contributed by atoms with E-state index >= 15 is 0 Å². The number of aliphatic hydroxyl groups is 2. The Morgan fingerprint density at radius 1 is 1.28 bits per heavy atom. The highest BCUT2D eigenvalue weighted by Crippen LogP contribution is 2.30. The zero-order valence-electron chi connectivity index (χ0n) is 11.9. The molecule has 2 N–H and O–H groups in total. The molecule has 1 rings (SSSR count). The van der Waals surface area contributed by atoms with Gasteiger partial charge in [0.05, 0.1) is 18.9 Å². The minimum atomic E-state index is -0.478. The van der Waals surface area contributed by atoms with Crippen LogP contribution in [0.1, 0.15) is 45.9 Å². The first-order chi connectivity index (χ1) is 8.49. The summed E-state index contributed by atoms with van der Waals surface area (Å²) in [4.78, 5) is 0. The van der Waals surface area contributed by atoms with Crippen molar-refractivity contribution in [3.8, 4) is 0 Å². The second kappa shape index (κ2) is 6.34. The molecule has 4 heteroatoms. The largest absolute Gasteiger partial charge is 0.396 e. The van der Waals surface area contributed by atoms with E-state index in [0.717, 1.165) is 12.1 Å². The maximum atomic E-state index is 9.58. The smallest absolute Gasteiger partial charge is 0.0632 e. The van der Waals surface area contributed by atoms with Crippen molar-refractivity contribution >= 4 is 0 Å². The quantitative estimate of drug-likeness (QED) is 0.782. The molecule has 1 atom stereocenters. The first kappa shape index (κ1) is 15.2. The summed E-state index contributed by atoms with van der Waals surface area (Å²) >= 11 is 0. The number of aliphatic hydroxyl groups excluding tert-OH is 2. The van der Waals surface area contributed by atoms with Crippen molar-refractivity contribution in [3.05, 3.63) is 18.0 Å². The molecule has 0 saturated heterocycles. The third-order valence-electron chi connectivity index (χ3n) is 4.09. The van der Waals surface area contributed by atoms with Gasteiger partial charge in [0.15, 0.2) is 0 Å². The van der Waals surface area contributed by atoms with E-state index in [1.54, 1.807) is 0 Å². The Morgan fingerprint density at radius 2 is 1.89 bits per heavy atom. The number of hydrogen-bond acceptors (Lipinski definition) is 3. The fourth-order valence-corrected chi connectivity index (χ4v) is 2.00. The lowest BCUT2D eigenvalue weighted by atomic mass is 9.75. The van der Waals surface area contributed by atoms with Crippen LogP contribution in [0.2, 0.25) is 0 Å². The van der Waals surface area contributed by atoms with Crippen LogP contribution in [0.5, 0.6) is 0 Å². The second-order valence-electron chi connectivity index (χ2n) is 5.55. The van der Waals surface area contributed by atoms with E-state index in [-0.39, 0.29) is 19.1 Å². The van der Waals surface area contributed by atoms with Crippen LogP contribution >= 0.6 is 0 Å². The average Bonchev–Trinajstić information content (AvgIpc) is 2.83. The summed E-state index contributed by atoms with van der Waals surface area (Å²) in [6.07, 6.45) is 3.63. The Bertz CT molecular complexity index is 356. The molecule has 0 bridgehead atoms. The minimum Gasteiger partial charge on any atom is -0.396 e. The molecule has 0 saturated carbocycles. The molecular weight excluding hydrogens is 228 g/mol. The normalized spacial score (nSPS) is 14.2. The lowest BCUT2D eigenvalue weighted by molar-refractivity contribution is 0.0154. The van der Waals surface area contributed by atoms with Crippen LogP contribution in [0.4, 0.5) is 0 Å². The molecule has 0 aromatic carbocycles. The maximum absolute atomic E-state index is 9.58. The third-order valence-corrected chi connectivity index (χ3v) is 4.09. The van der Waals surface area contributed by atoms with Crippen molar-refractivity contribution < 1.29 is 10.2 Å². The summed E-state index contributed by atoms with van der Waals surface area (Å²) in [5, 5.41) is 23.7. The minimum absolute atomic E-state index is 0.0165. The highest BCUT2D eigenvalue weighted by molar-refractivity contribution is 5.05. The fraction of sp³-hybridized carbons (Fsp3) is 0.786. The number of nitrogens with zero attached hydrogens (tertiary/aromatic N) is 2. The van der Waals surface area contributed by atoms with E-state index < -0.39 is 5.41 Å². The summed E-state index contributed by atoms with van der Waals surface area (Å²) in [5.41, 5.74) is 0.460. The highest BCUT2D eigenvalue weighted by Gasteiger charge is 2.33. The molecule has 0 aliphatic carbocycles. The summed E-state index contributed by atoms with van der Waals surface area (Å²) in [7, 11) is 0. The van der Waals surface area contributed by atoms with Crippen LogP contribution in [0.15, 0.2) is 12.3 Å². The molecule has 4 nitrogen and oxygen atoms in total. The molecule has 1 heterocycles. The molecule has 0 fully saturated rings.